The van der Waals surface area contributed by atoms with Crippen LogP contribution in [0.2, 0.25) is 0 Å². The second-order valence-corrected chi connectivity index (χ2v) is 2.76. The zero-order chi connectivity index (χ0) is 10.6. The summed E-state index contributed by atoms with van der Waals surface area (Å²) >= 11 is 0. The molecule has 0 amide bonds. The van der Waals surface area contributed by atoms with Crippen LogP contribution in [0.5, 0.6) is 0 Å². The number of hydrogen-bond donors (Lipinski definition) is 2. The van der Waals surface area contributed by atoms with Gasteiger partial charge in [0.25, 0.3) is 6.04 Å². The molecule has 0 aromatic carbocycles. The summed E-state index contributed by atoms with van der Waals surface area (Å²) < 4.78 is 0. The van der Waals surface area contributed by atoms with E-state index in [-0.39, 0.29) is 0 Å². The van der Waals surface area contributed by atoms with Crippen molar-refractivity contribution >= 4 is 0 Å². The van der Waals surface area contributed by atoms with Gasteiger partial charge >= 0.3 is 0 Å². The Kier molecular flexibility index (Phi) is 3.49. The molecule has 6 heteroatoms. The Labute approximate surface area is 80.0 Å². The maximum atomic E-state index is 10.4. The van der Waals surface area contributed by atoms with Gasteiger partial charge in [0.15, 0.2) is 0 Å². The molecule has 1 aromatic heterocycles. The third-order valence-corrected chi connectivity index (χ3v) is 1.87. The molecular formula is C8H10N2O4. The van der Waals surface area contributed by atoms with Crippen molar-refractivity contribution < 1.29 is 15.1 Å². The predicted octanol–water partition coefficient (Wildman–Crippen LogP) is -0.247. The van der Waals surface area contributed by atoms with Crippen LogP contribution < -0.4 is 0 Å². The molecule has 0 unspecified atom stereocenters. The summed E-state index contributed by atoms with van der Waals surface area (Å²) in [5, 5.41) is 28.6. The highest BCUT2D eigenvalue weighted by atomic mass is 16.6. The third kappa shape index (κ3) is 2.24. The number of pyridine rings is 1. The smallest absolute Gasteiger partial charge is 0.265 e. The van der Waals surface area contributed by atoms with Gasteiger partial charge < -0.3 is 10.2 Å². The molecule has 14 heavy (non-hydrogen) atoms. The second kappa shape index (κ2) is 4.64. The van der Waals surface area contributed by atoms with Crippen molar-refractivity contribution in [1.29, 1.82) is 0 Å². The minimum absolute atomic E-state index is 0.371. The second-order valence-electron chi connectivity index (χ2n) is 2.76. The quantitative estimate of drug-likeness (QED) is 0.513. The van der Waals surface area contributed by atoms with Crippen molar-refractivity contribution in [3.05, 3.63) is 40.2 Å². The third-order valence-electron chi connectivity index (χ3n) is 1.87. The van der Waals surface area contributed by atoms with Crippen LogP contribution >= 0.6 is 0 Å². The average Bonchev–Trinajstić information content (AvgIpc) is 2.19. The summed E-state index contributed by atoms with van der Waals surface area (Å²) in [6, 6.07) is 1.55. The molecular weight excluding hydrogens is 188 g/mol. The molecule has 0 aliphatic rings. The molecule has 0 aliphatic heterocycles. The number of aromatic nitrogens is 1. The fourth-order valence-corrected chi connectivity index (χ4v) is 1.06. The zero-order valence-corrected chi connectivity index (χ0v) is 7.28. The molecule has 0 radical (unpaired) electrons. The molecule has 2 N–H and O–H groups in total. The Morgan fingerprint density at radius 3 is 2.50 bits per heavy atom. The van der Waals surface area contributed by atoms with Gasteiger partial charge in [-0.2, -0.15) is 0 Å². The Hall–Kier alpha value is -1.53. The molecule has 0 spiro atoms. The first kappa shape index (κ1) is 10.6. The van der Waals surface area contributed by atoms with Crippen LogP contribution in [0.25, 0.3) is 0 Å². The lowest BCUT2D eigenvalue weighted by Crippen LogP contribution is -2.31. The Morgan fingerprint density at radius 1 is 1.50 bits per heavy atom. The van der Waals surface area contributed by atoms with E-state index in [0.717, 1.165) is 0 Å². The minimum Gasteiger partial charge on any atom is -0.389 e. The van der Waals surface area contributed by atoms with E-state index < -0.39 is 23.7 Å². The summed E-state index contributed by atoms with van der Waals surface area (Å²) in [7, 11) is 0. The highest BCUT2D eigenvalue weighted by Crippen LogP contribution is 2.17. The van der Waals surface area contributed by atoms with Crippen molar-refractivity contribution in [3.8, 4) is 0 Å². The first-order valence-electron chi connectivity index (χ1n) is 3.99. The lowest BCUT2D eigenvalue weighted by molar-refractivity contribution is -0.539. The van der Waals surface area contributed by atoms with Gasteiger partial charge in [0.2, 0.25) is 0 Å². The van der Waals surface area contributed by atoms with Gasteiger partial charge in [-0.05, 0) is 17.7 Å². The SMILES string of the molecule is O=[N+]([O-])[C@H](CO)[C@H](O)c1ccncc1. The summed E-state index contributed by atoms with van der Waals surface area (Å²) in [6.07, 6.45) is 1.54. The molecule has 2 atom stereocenters. The Bertz CT molecular complexity index is 303. The summed E-state index contributed by atoms with van der Waals surface area (Å²) in [5.41, 5.74) is 0.371. The molecule has 0 fully saturated rings. The van der Waals surface area contributed by atoms with Gasteiger partial charge in [-0.3, -0.25) is 15.1 Å². The van der Waals surface area contributed by atoms with Gasteiger partial charge in [0.05, 0.1) is 0 Å². The normalized spacial score (nSPS) is 14.7. The Morgan fingerprint density at radius 2 is 2.07 bits per heavy atom. The molecule has 1 heterocycles. The van der Waals surface area contributed by atoms with Crippen molar-refractivity contribution in [2.45, 2.75) is 12.1 Å². The number of aliphatic hydroxyl groups excluding tert-OH is 2. The summed E-state index contributed by atoms with van der Waals surface area (Å²) in [5.74, 6) is 0. The van der Waals surface area contributed by atoms with Crippen molar-refractivity contribution in [2.75, 3.05) is 6.61 Å². The molecule has 0 aliphatic carbocycles. The fraction of sp³-hybridized carbons (Fsp3) is 0.375. The molecule has 0 saturated carbocycles. The van der Waals surface area contributed by atoms with Gasteiger partial charge in [-0.15, -0.1) is 0 Å². The maximum absolute atomic E-state index is 10.4. The number of aliphatic hydroxyl groups is 2. The lowest BCUT2D eigenvalue weighted by atomic mass is 10.1. The van der Waals surface area contributed by atoms with Crippen molar-refractivity contribution in [1.82, 2.24) is 4.98 Å². The topological polar surface area (TPSA) is 96.5 Å². The molecule has 1 rings (SSSR count). The first-order valence-corrected chi connectivity index (χ1v) is 3.99. The van der Waals surface area contributed by atoms with Gasteiger partial charge in [0.1, 0.15) is 12.7 Å². The van der Waals surface area contributed by atoms with E-state index in [0.29, 0.717) is 5.56 Å². The highest BCUT2D eigenvalue weighted by Gasteiger charge is 2.30. The van der Waals surface area contributed by atoms with E-state index in [4.69, 9.17) is 5.11 Å². The first-order chi connectivity index (χ1) is 6.66. The lowest BCUT2D eigenvalue weighted by Gasteiger charge is -2.13. The maximum Gasteiger partial charge on any atom is 0.265 e. The number of rotatable bonds is 4. The average molecular weight is 198 g/mol. The number of nitrogens with zero attached hydrogens (tertiary/aromatic N) is 2. The molecule has 1 aromatic rings. The van der Waals surface area contributed by atoms with Crippen molar-refractivity contribution in [3.63, 3.8) is 0 Å². The van der Waals surface area contributed by atoms with E-state index in [1.165, 1.54) is 24.5 Å². The standard InChI is InChI=1S/C8H10N2O4/c11-5-7(10(13)14)8(12)6-1-3-9-4-2-6/h1-4,7-8,11-12H,5H2/t7-,8-/m1/s1. The van der Waals surface area contributed by atoms with Crippen LogP contribution in [0.3, 0.4) is 0 Å². The number of nitro groups is 1. The fourth-order valence-electron chi connectivity index (χ4n) is 1.06. The van der Waals surface area contributed by atoms with Crippen LogP contribution in [0, 0.1) is 10.1 Å². The van der Waals surface area contributed by atoms with Gasteiger partial charge in [0, 0.05) is 17.3 Å². The largest absolute Gasteiger partial charge is 0.389 e. The van der Waals surface area contributed by atoms with Gasteiger partial charge in [-0.1, -0.05) is 0 Å². The van der Waals surface area contributed by atoms with Crippen LogP contribution in [0.1, 0.15) is 11.7 Å². The summed E-state index contributed by atoms with van der Waals surface area (Å²) in [6.45, 7) is -0.698. The predicted molar refractivity (Wildman–Crippen MR) is 47.1 cm³/mol. The highest BCUT2D eigenvalue weighted by molar-refractivity contribution is 5.14. The van der Waals surface area contributed by atoms with Gasteiger partial charge in [-0.25, -0.2) is 0 Å². The monoisotopic (exact) mass is 198 g/mol. The van der Waals surface area contributed by atoms with E-state index in [1.807, 2.05) is 0 Å². The van der Waals surface area contributed by atoms with E-state index in [1.54, 1.807) is 0 Å². The number of hydrogen-bond acceptors (Lipinski definition) is 5. The van der Waals surface area contributed by atoms with Crippen molar-refractivity contribution in [2.24, 2.45) is 0 Å². The molecule has 0 bridgehead atoms. The minimum atomic E-state index is -1.39. The molecule has 0 saturated heterocycles. The van der Waals surface area contributed by atoms with Crippen LogP contribution in [-0.4, -0.2) is 32.8 Å². The van der Waals surface area contributed by atoms with E-state index in [9.17, 15) is 15.2 Å². The summed E-state index contributed by atoms with van der Waals surface area (Å²) in [4.78, 5) is 13.4. The molecule has 76 valence electrons. The van der Waals surface area contributed by atoms with E-state index in [2.05, 4.69) is 4.98 Å². The van der Waals surface area contributed by atoms with Crippen LogP contribution in [-0.2, 0) is 0 Å². The Balaban J connectivity index is 2.83. The van der Waals surface area contributed by atoms with E-state index >= 15 is 0 Å². The van der Waals surface area contributed by atoms with Crippen LogP contribution in [0.4, 0.5) is 0 Å². The zero-order valence-electron chi connectivity index (χ0n) is 7.28. The molecule has 6 nitrogen and oxygen atoms in total. The van der Waals surface area contributed by atoms with Crippen LogP contribution in [0.15, 0.2) is 24.5 Å².